The molecule has 1 aromatic carbocycles. The van der Waals surface area contributed by atoms with E-state index in [1.54, 1.807) is 0 Å². The van der Waals surface area contributed by atoms with Crippen molar-refractivity contribution in [3.8, 4) is 0 Å². The normalized spacial score (nSPS) is 19.4. The van der Waals surface area contributed by atoms with Crippen molar-refractivity contribution in [2.45, 2.75) is 33.4 Å². The molecule has 1 atom stereocenters. The van der Waals surface area contributed by atoms with Crippen LogP contribution < -0.4 is 5.32 Å². The molecule has 0 saturated carbocycles. The molecule has 0 spiro atoms. The van der Waals surface area contributed by atoms with Gasteiger partial charge in [0.2, 0.25) is 0 Å². The molecule has 0 radical (unpaired) electrons. The number of nitrogens with one attached hydrogen (secondary N) is 1. The summed E-state index contributed by atoms with van der Waals surface area (Å²) >= 11 is 0. The van der Waals surface area contributed by atoms with E-state index in [2.05, 4.69) is 36.5 Å². The van der Waals surface area contributed by atoms with Gasteiger partial charge in [-0.05, 0) is 18.1 Å². The fraction of sp³-hybridized carbons (Fsp3) is 0.455. The fourth-order valence-corrected chi connectivity index (χ4v) is 1.49. The third-order valence-electron chi connectivity index (χ3n) is 2.12. The van der Waals surface area contributed by atoms with Crippen molar-refractivity contribution < 1.29 is 0 Å². The summed E-state index contributed by atoms with van der Waals surface area (Å²) in [5.41, 5.74) is 2.91. The van der Waals surface area contributed by atoms with Gasteiger partial charge in [0.25, 0.3) is 0 Å². The van der Waals surface area contributed by atoms with Crippen molar-refractivity contribution in [2.24, 2.45) is 0 Å². The molecule has 66 valence electrons. The van der Waals surface area contributed by atoms with Crippen molar-refractivity contribution in [2.75, 3.05) is 0 Å². The number of benzene rings is 1. The van der Waals surface area contributed by atoms with Crippen LogP contribution in [0.4, 0.5) is 0 Å². The zero-order chi connectivity index (χ0) is 8.97. The second-order valence-electron chi connectivity index (χ2n) is 2.80. The molecular weight excluding hydrogens is 146 g/mol. The summed E-state index contributed by atoms with van der Waals surface area (Å²) < 4.78 is 0. The van der Waals surface area contributed by atoms with Gasteiger partial charge in [-0.15, -0.1) is 0 Å². The van der Waals surface area contributed by atoms with Crippen LogP contribution in [0.5, 0.6) is 0 Å². The molecule has 12 heavy (non-hydrogen) atoms. The molecule has 0 aromatic heterocycles. The van der Waals surface area contributed by atoms with E-state index in [1.165, 1.54) is 11.1 Å². The first-order valence-electron chi connectivity index (χ1n) is 4.69. The summed E-state index contributed by atoms with van der Waals surface area (Å²) in [4.78, 5) is 0. The summed E-state index contributed by atoms with van der Waals surface area (Å²) in [5, 5.41) is 3.38. The molecule has 1 unspecified atom stereocenters. The van der Waals surface area contributed by atoms with E-state index < -0.39 is 0 Å². The Hall–Kier alpha value is -0.820. The molecule has 1 nitrogen and oxygen atoms in total. The minimum absolute atomic E-state index is 0.552. The standard InChI is InChI=1S/C9H11N.C2H6/c1-7-9-5-3-2-4-8(9)6-10-7;1-2/h2-5,7,10H,6H2,1H3;1-2H3. The molecule has 1 heterocycles. The molecule has 1 heteroatoms. The Morgan fingerprint density at radius 2 is 1.92 bits per heavy atom. The fourth-order valence-electron chi connectivity index (χ4n) is 1.49. The van der Waals surface area contributed by atoms with Gasteiger partial charge < -0.3 is 5.32 Å². The Bertz CT molecular complexity index is 243. The average Bonchev–Trinajstić information content (AvgIpc) is 2.53. The quantitative estimate of drug-likeness (QED) is 0.620. The lowest BCUT2D eigenvalue weighted by Gasteiger charge is -2.01. The summed E-state index contributed by atoms with van der Waals surface area (Å²) in [5.74, 6) is 0. The Morgan fingerprint density at radius 1 is 1.25 bits per heavy atom. The van der Waals surface area contributed by atoms with Crippen molar-refractivity contribution in [1.29, 1.82) is 0 Å². The highest BCUT2D eigenvalue weighted by Gasteiger charge is 2.15. The maximum absolute atomic E-state index is 3.38. The van der Waals surface area contributed by atoms with E-state index in [9.17, 15) is 0 Å². The van der Waals surface area contributed by atoms with Gasteiger partial charge in [-0.3, -0.25) is 0 Å². The molecule has 0 saturated heterocycles. The van der Waals surface area contributed by atoms with Gasteiger partial charge in [-0.25, -0.2) is 0 Å². The smallest absolute Gasteiger partial charge is 0.0298 e. The topological polar surface area (TPSA) is 12.0 Å². The van der Waals surface area contributed by atoms with Crippen LogP contribution in [0.15, 0.2) is 24.3 Å². The van der Waals surface area contributed by atoms with Crippen molar-refractivity contribution in [1.82, 2.24) is 5.32 Å². The highest BCUT2D eigenvalue weighted by Crippen LogP contribution is 2.23. The average molecular weight is 163 g/mol. The molecule has 0 fully saturated rings. The van der Waals surface area contributed by atoms with E-state index in [0.29, 0.717) is 6.04 Å². The van der Waals surface area contributed by atoms with Crippen LogP contribution in [0, 0.1) is 0 Å². The molecule has 1 aliphatic heterocycles. The van der Waals surface area contributed by atoms with Gasteiger partial charge in [0.15, 0.2) is 0 Å². The Morgan fingerprint density at radius 3 is 2.58 bits per heavy atom. The maximum Gasteiger partial charge on any atom is 0.0298 e. The maximum atomic E-state index is 3.38. The van der Waals surface area contributed by atoms with Crippen LogP contribution in [0.25, 0.3) is 0 Å². The van der Waals surface area contributed by atoms with Crippen LogP contribution in [0.3, 0.4) is 0 Å². The van der Waals surface area contributed by atoms with Crippen LogP contribution in [-0.2, 0) is 6.54 Å². The first-order valence-corrected chi connectivity index (χ1v) is 4.69. The second kappa shape index (κ2) is 4.27. The van der Waals surface area contributed by atoms with E-state index in [0.717, 1.165) is 6.54 Å². The van der Waals surface area contributed by atoms with Gasteiger partial charge in [0.1, 0.15) is 0 Å². The predicted molar refractivity (Wildman–Crippen MR) is 53.0 cm³/mol. The molecule has 1 N–H and O–H groups in total. The SMILES string of the molecule is CC.CC1NCc2ccccc21. The molecular formula is C11H17N. The number of hydrogen-bond acceptors (Lipinski definition) is 1. The van der Waals surface area contributed by atoms with Crippen molar-refractivity contribution in [3.05, 3.63) is 35.4 Å². The molecule has 0 amide bonds. The summed E-state index contributed by atoms with van der Waals surface area (Å²) in [6.07, 6.45) is 0. The minimum atomic E-state index is 0.552. The number of rotatable bonds is 0. The predicted octanol–water partition coefficient (Wildman–Crippen LogP) is 2.88. The third kappa shape index (κ3) is 1.67. The van der Waals surface area contributed by atoms with Crippen LogP contribution in [0.1, 0.15) is 37.9 Å². The monoisotopic (exact) mass is 163 g/mol. The van der Waals surface area contributed by atoms with Gasteiger partial charge in [0.05, 0.1) is 0 Å². The van der Waals surface area contributed by atoms with E-state index >= 15 is 0 Å². The van der Waals surface area contributed by atoms with Gasteiger partial charge in [-0.2, -0.15) is 0 Å². The number of hydrogen-bond donors (Lipinski definition) is 1. The van der Waals surface area contributed by atoms with Crippen molar-refractivity contribution in [3.63, 3.8) is 0 Å². The third-order valence-corrected chi connectivity index (χ3v) is 2.12. The largest absolute Gasteiger partial charge is 0.306 e. The Balaban J connectivity index is 0.000000336. The van der Waals surface area contributed by atoms with Gasteiger partial charge in [-0.1, -0.05) is 38.1 Å². The summed E-state index contributed by atoms with van der Waals surface area (Å²) in [7, 11) is 0. The first-order chi connectivity index (χ1) is 5.88. The van der Waals surface area contributed by atoms with E-state index in [-0.39, 0.29) is 0 Å². The molecule has 0 aliphatic carbocycles. The highest BCUT2D eigenvalue weighted by molar-refractivity contribution is 5.32. The minimum Gasteiger partial charge on any atom is -0.306 e. The lowest BCUT2D eigenvalue weighted by molar-refractivity contribution is 0.633. The van der Waals surface area contributed by atoms with Gasteiger partial charge in [0, 0.05) is 12.6 Å². The molecule has 2 rings (SSSR count). The molecule has 1 aliphatic rings. The van der Waals surface area contributed by atoms with Crippen LogP contribution in [0.2, 0.25) is 0 Å². The number of fused-ring (bicyclic) bond motifs is 1. The van der Waals surface area contributed by atoms with Crippen molar-refractivity contribution >= 4 is 0 Å². The lowest BCUT2D eigenvalue weighted by Crippen LogP contribution is -2.06. The van der Waals surface area contributed by atoms with Gasteiger partial charge >= 0.3 is 0 Å². The Labute approximate surface area is 74.8 Å². The summed E-state index contributed by atoms with van der Waals surface area (Å²) in [6.45, 7) is 7.24. The molecule has 0 bridgehead atoms. The zero-order valence-electron chi connectivity index (χ0n) is 8.09. The lowest BCUT2D eigenvalue weighted by atomic mass is 10.1. The zero-order valence-corrected chi connectivity index (χ0v) is 8.09. The highest BCUT2D eigenvalue weighted by atomic mass is 14.9. The summed E-state index contributed by atoms with van der Waals surface area (Å²) in [6, 6.07) is 9.13. The molecule has 1 aromatic rings. The Kier molecular flexibility index (Phi) is 3.30. The first kappa shape index (κ1) is 9.27. The van der Waals surface area contributed by atoms with Crippen LogP contribution in [-0.4, -0.2) is 0 Å². The second-order valence-corrected chi connectivity index (χ2v) is 2.80. The van der Waals surface area contributed by atoms with E-state index in [4.69, 9.17) is 0 Å². The van der Waals surface area contributed by atoms with E-state index in [1.807, 2.05) is 13.8 Å². The van der Waals surface area contributed by atoms with Crippen LogP contribution >= 0.6 is 0 Å².